The van der Waals surface area contributed by atoms with Gasteiger partial charge in [0, 0.05) is 17.7 Å². The maximum absolute atomic E-state index is 5.67. The van der Waals surface area contributed by atoms with Crippen LogP contribution in [0.3, 0.4) is 0 Å². The van der Waals surface area contributed by atoms with Gasteiger partial charge in [-0.2, -0.15) is 0 Å². The van der Waals surface area contributed by atoms with E-state index in [0.29, 0.717) is 11.4 Å². The molecule has 84 valence electrons. The van der Waals surface area contributed by atoms with Crippen molar-refractivity contribution >= 4 is 11.6 Å². The Bertz CT molecular complexity index is 496. The molecule has 0 spiro atoms. The van der Waals surface area contributed by atoms with Crippen LogP contribution in [-0.4, -0.2) is 19.4 Å². The Labute approximate surface area is 97.7 Å². The Balaban J connectivity index is 2.48. The maximum atomic E-state index is 5.67. The molecule has 0 saturated carbocycles. The number of hydrogen-bond donors (Lipinski definition) is 0. The van der Waals surface area contributed by atoms with Gasteiger partial charge in [0.2, 0.25) is 5.22 Å². The van der Waals surface area contributed by atoms with Crippen molar-refractivity contribution in [2.45, 2.75) is 0 Å². The molecular formula is C11H10ClNO3. The molecule has 0 N–H and O–H groups in total. The van der Waals surface area contributed by atoms with E-state index < -0.39 is 0 Å². The molecule has 1 heterocycles. The summed E-state index contributed by atoms with van der Waals surface area (Å²) in [5.41, 5.74) is 1.43. The average Bonchev–Trinajstić information content (AvgIpc) is 2.74. The molecular weight excluding hydrogens is 230 g/mol. The fourth-order valence-corrected chi connectivity index (χ4v) is 1.53. The Morgan fingerprint density at radius 2 is 2.00 bits per heavy atom. The van der Waals surface area contributed by atoms with Gasteiger partial charge in [-0.3, -0.25) is 0 Å². The first-order valence-electron chi connectivity index (χ1n) is 4.59. The first kappa shape index (κ1) is 10.8. The van der Waals surface area contributed by atoms with Crippen LogP contribution >= 0.6 is 11.6 Å². The average molecular weight is 240 g/mol. The third kappa shape index (κ3) is 1.97. The summed E-state index contributed by atoms with van der Waals surface area (Å²) in [7, 11) is 3.18. The van der Waals surface area contributed by atoms with E-state index in [1.54, 1.807) is 26.4 Å². The third-order valence-electron chi connectivity index (χ3n) is 2.17. The number of benzene rings is 1. The monoisotopic (exact) mass is 239 g/mol. The van der Waals surface area contributed by atoms with E-state index in [1.807, 2.05) is 12.1 Å². The molecule has 4 nitrogen and oxygen atoms in total. The molecule has 5 heteroatoms. The van der Waals surface area contributed by atoms with E-state index in [-0.39, 0.29) is 5.22 Å². The number of hydrogen-bond acceptors (Lipinski definition) is 4. The summed E-state index contributed by atoms with van der Waals surface area (Å²) in [6.07, 6.45) is 0. The van der Waals surface area contributed by atoms with Crippen LogP contribution in [0.1, 0.15) is 0 Å². The lowest BCUT2D eigenvalue weighted by atomic mass is 10.1. The van der Waals surface area contributed by atoms with E-state index in [9.17, 15) is 0 Å². The lowest BCUT2D eigenvalue weighted by molar-refractivity contribution is 0.394. The van der Waals surface area contributed by atoms with Crippen LogP contribution in [0.15, 0.2) is 28.8 Å². The second-order valence-electron chi connectivity index (χ2n) is 3.08. The van der Waals surface area contributed by atoms with Crippen molar-refractivity contribution in [3.63, 3.8) is 0 Å². The number of halogens is 1. The third-order valence-corrected chi connectivity index (χ3v) is 2.34. The lowest BCUT2D eigenvalue weighted by Crippen LogP contribution is -1.90. The van der Waals surface area contributed by atoms with Crippen LogP contribution in [0.2, 0.25) is 5.22 Å². The Morgan fingerprint density at radius 3 is 2.56 bits per heavy atom. The molecule has 2 rings (SSSR count). The molecule has 0 aliphatic carbocycles. The zero-order valence-corrected chi connectivity index (χ0v) is 9.62. The topological polar surface area (TPSA) is 44.5 Å². The number of ether oxygens (including phenoxy) is 2. The van der Waals surface area contributed by atoms with Crippen LogP contribution in [0.25, 0.3) is 11.3 Å². The highest BCUT2D eigenvalue weighted by Gasteiger charge is 2.11. The zero-order valence-electron chi connectivity index (χ0n) is 8.86. The number of aromatic nitrogens is 1. The largest absolute Gasteiger partial charge is 0.497 e. The van der Waals surface area contributed by atoms with Gasteiger partial charge < -0.3 is 14.0 Å². The summed E-state index contributed by atoms with van der Waals surface area (Å²) in [4.78, 5) is 0. The molecule has 2 aromatic rings. The summed E-state index contributed by atoms with van der Waals surface area (Å²) in [5.74, 6) is 1.37. The van der Waals surface area contributed by atoms with Crippen LogP contribution in [-0.2, 0) is 0 Å². The smallest absolute Gasteiger partial charge is 0.226 e. The zero-order chi connectivity index (χ0) is 11.5. The highest BCUT2D eigenvalue weighted by atomic mass is 35.5. The molecule has 0 radical (unpaired) electrons. The fourth-order valence-electron chi connectivity index (χ4n) is 1.39. The van der Waals surface area contributed by atoms with Gasteiger partial charge in [-0.25, -0.2) is 0 Å². The fraction of sp³-hybridized carbons (Fsp3) is 0.182. The molecule has 0 unspecified atom stereocenters. The Kier molecular flexibility index (Phi) is 3.01. The molecule has 0 aliphatic rings. The summed E-state index contributed by atoms with van der Waals surface area (Å²) in [6.45, 7) is 0. The number of methoxy groups -OCH3 is 2. The number of rotatable bonds is 3. The Hall–Kier alpha value is -1.68. The SMILES string of the molecule is COc1ccc(-c2cc(Cl)on2)c(OC)c1. The molecule has 1 aromatic carbocycles. The van der Waals surface area contributed by atoms with Crippen LogP contribution < -0.4 is 9.47 Å². The van der Waals surface area contributed by atoms with Crippen molar-refractivity contribution in [2.24, 2.45) is 0 Å². The summed E-state index contributed by atoms with van der Waals surface area (Å²) in [5, 5.41) is 4.07. The Morgan fingerprint density at radius 1 is 1.19 bits per heavy atom. The van der Waals surface area contributed by atoms with Crippen molar-refractivity contribution in [3.05, 3.63) is 29.5 Å². The maximum Gasteiger partial charge on any atom is 0.226 e. The van der Waals surface area contributed by atoms with Crippen molar-refractivity contribution in [2.75, 3.05) is 14.2 Å². The second-order valence-corrected chi connectivity index (χ2v) is 3.45. The van der Waals surface area contributed by atoms with Crippen molar-refractivity contribution in [3.8, 4) is 22.8 Å². The van der Waals surface area contributed by atoms with Crippen molar-refractivity contribution in [1.82, 2.24) is 5.16 Å². The van der Waals surface area contributed by atoms with Gasteiger partial charge in [-0.05, 0) is 23.7 Å². The minimum atomic E-state index is 0.243. The summed E-state index contributed by atoms with van der Waals surface area (Å²) in [6, 6.07) is 7.07. The van der Waals surface area contributed by atoms with Crippen molar-refractivity contribution < 1.29 is 14.0 Å². The molecule has 0 fully saturated rings. The molecule has 0 amide bonds. The van der Waals surface area contributed by atoms with Gasteiger partial charge in [0.1, 0.15) is 17.2 Å². The predicted molar refractivity (Wildman–Crippen MR) is 60.1 cm³/mol. The second kappa shape index (κ2) is 4.45. The summed E-state index contributed by atoms with van der Waals surface area (Å²) < 4.78 is 15.2. The van der Waals surface area contributed by atoms with E-state index in [4.69, 9.17) is 25.6 Å². The first-order valence-corrected chi connectivity index (χ1v) is 4.97. The number of nitrogens with zero attached hydrogens (tertiary/aromatic N) is 1. The molecule has 16 heavy (non-hydrogen) atoms. The van der Waals surface area contributed by atoms with Gasteiger partial charge in [-0.1, -0.05) is 5.16 Å². The predicted octanol–water partition coefficient (Wildman–Crippen LogP) is 3.01. The minimum absolute atomic E-state index is 0.243. The molecule has 0 atom stereocenters. The molecule has 0 saturated heterocycles. The van der Waals surface area contributed by atoms with Gasteiger partial charge in [0.05, 0.1) is 14.2 Å². The highest BCUT2D eigenvalue weighted by Crippen LogP contribution is 2.33. The normalized spacial score (nSPS) is 10.2. The van der Waals surface area contributed by atoms with Gasteiger partial charge >= 0.3 is 0 Å². The van der Waals surface area contributed by atoms with E-state index in [0.717, 1.165) is 11.3 Å². The quantitative estimate of drug-likeness (QED) is 0.826. The van der Waals surface area contributed by atoms with Gasteiger partial charge in [-0.15, -0.1) is 0 Å². The molecule has 0 bridgehead atoms. The van der Waals surface area contributed by atoms with Crippen LogP contribution in [0.4, 0.5) is 0 Å². The highest BCUT2D eigenvalue weighted by molar-refractivity contribution is 6.29. The standard InChI is InChI=1S/C11H10ClNO3/c1-14-7-3-4-8(10(5-7)15-2)9-6-11(12)16-13-9/h3-6H,1-2H3. The lowest BCUT2D eigenvalue weighted by Gasteiger charge is -2.07. The van der Waals surface area contributed by atoms with Crippen LogP contribution in [0.5, 0.6) is 11.5 Å². The van der Waals surface area contributed by atoms with Crippen LogP contribution in [0, 0.1) is 0 Å². The molecule has 1 aromatic heterocycles. The minimum Gasteiger partial charge on any atom is -0.497 e. The van der Waals surface area contributed by atoms with E-state index in [1.165, 1.54) is 0 Å². The summed E-state index contributed by atoms with van der Waals surface area (Å²) >= 11 is 5.67. The van der Waals surface area contributed by atoms with E-state index >= 15 is 0 Å². The van der Waals surface area contributed by atoms with Gasteiger partial charge in [0.25, 0.3) is 0 Å². The molecule has 0 aliphatic heterocycles. The van der Waals surface area contributed by atoms with Crippen molar-refractivity contribution in [1.29, 1.82) is 0 Å². The first-order chi connectivity index (χ1) is 7.74. The van der Waals surface area contributed by atoms with E-state index in [2.05, 4.69) is 5.16 Å². The van der Waals surface area contributed by atoms with Gasteiger partial charge in [0.15, 0.2) is 0 Å².